The maximum atomic E-state index is 11.9. The van der Waals surface area contributed by atoms with E-state index in [1.165, 1.54) is 49.9 Å². The van der Waals surface area contributed by atoms with Crippen LogP contribution in [0.4, 0.5) is 0 Å². The van der Waals surface area contributed by atoms with Crippen molar-refractivity contribution in [3.05, 3.63) is 29.3 Å². The first-order chi connectivity index (χ1) is 11.3. The Hall–Kier alpha value is -1.55. The van der Waals surface area contributed by atoms with Gasteiger partial charge in [0.15, 0.2) is 6.61 Å². The largest absolute Gasteiger partial charge is 0.483 e. The molecule has 4 heteroatoms. The number of nitrogens with zero attached hydrogens (tertiary/aromatic N) is 1. The number of rotatable bonds is 7. The molecule has 4 nitrogen and oxygen atoms in total. The second kappa shape index (κ2) is 8.34. The highest BCUT2D eigenvalue weighted by Gasteiger charge is 2.15. The molecule has 1 fully saturated rings. The minimum absolute atomic E-state index is 0.0140. The van der Waals surface area contributed by atoms with Crippen LogP contribution in [0.25, 0.3) is 0 Å². The van der Waals surface area contributed by atoms with Gasteiger partial charge in [0, 0.05) is 6.54 Å². The molecule has 23 heavy (non-hydrogen) atoms. The Morgan fingerprint density at radius 3 is 2.83 bits per heavy atom. The summed E-state index contributed by atoms with van der Waals surface area (Å²) in [6.45, 7) is 4.39. The van der Waals surface area contributed by atoms with Crippen molar-refractivity contribution in [2.24, 2.45) is 0 Å². The Kier molecular flexibility index (Phi) is 5.92. The highest BCUT2D eigenvalue weighted by molar-refractivity contribution is 5.77. The molecule has 0 bridgehead atoms. The minimum atomic E-state index is -0.0140. The second-order valence-electron chi connectivity index (χ2n) is 6.64. The van der Waals surface area contributed by atoms with Gasteiger partial charge < -0.3 is 15.0 Å². The number of aryl methyl sites for hydroxylation is 1. The van der Waals surface area contributed by atoms with Crippen LogP contribution >= 0.6 is 0 Å². The Balaban J connectivity index is 1.37. The summed E-state index contributed by atoms with van der Waals surface area (Å²) in [5.41, 5.74) is 2.69. The van der Waals surface area contributed by atoms with E-state index in [1.807, 2.05) is 12.1 Å². The van der Waals surface area contributed by atoms with Gasteiger partial charge in [-0.2, -0.15) is 0 Å². The van der Waals surface area contributed by atoms with Crippen molar-refractivity contribution in [1.29, 1.82) is 0 Å². The molecule has 1 N–H and O–H groups in total. The quantitative estimate of drug-likeness (QED) is 0.786. The summed E-state index contributed by atoms with van der Waals surface area (Å²) in [6.07, 6.45) is 8.35. The number of likely N-dealkylation sites (tertiary alicyclic amines) is 1. The molecule has 3 rings (SSSR count). The molecule has 2 aliphatic rings. The monoisotopic (exact) mass is 316 g/mol. The Morgan fingerprint density at radius 1 is 1.13 bits per heavy atom. The van der Waals surface area contributed by atoms with Gasteiger partial charge in [-0.25, -0.2) is 0 Å². The molecule has 0 atom stereocenters. The standard InChI is InChI=1S/C19H28N2O2/c22-19(20-11-6-14-21-12-3-4-13-21)15-23-18-10-5-8-16-7-1-2-9-17(16)18/h5,8,10H,1-4,6-7,9,11-15H2,(H,20,22). The van der Waals surface area contributed by atoms with Crippen molar-refractivity contribution < 1.29 is 9.53 Å². The maximum Gasteiger partial charge on any atom is 0.257 e. The summed E-state index contributed by atoms with van der Waals surface area (Å²) in [6, 6.07) is 6.21. The number of nitrogens with one attached hydrogen (secondary N) is 1. The highest BCUT2D eigenvalue weighted by Crippen LogP contribution is 2.29. The zero-order valence-corrected chi connectivity index (χ0v) is 14.0. The second-order valence-corrected chi connectivity index (χ2v) is 6.64. The summed E-state index contributed by atoms with van der Waals surface area (Å²) in [5, 5.41) is 2.97. The van der Waals surface area contributed by atoms with Gasteiger partial charge in [-0.3, -0.25) is 4.79 Å². The van der Waals surface area contributed by atoms with Crippen LogP contribution < -0.4 is 10.1 Å². The molecule has 0 saturated carbocycles. The van der Waals surface area contributed by atoms with Gasteiger partial charge in [0.1, 0.15) is 5.75 Å². The smallest absolute Gasteiger partial charge is 0.257 e. The van der Waals surface area contributed by atoms with Crippen LogP contribution in [0.2, 0.25) is 0 Å². The van der Waals surface area contributed by atoms with E-state index < -0.39 is 0 Å². The number of ether oxygens (including phenoxy) is 1. The molecule has 1 amide bonds. The predicted octanol–water partition coefficient (Wildman–Crippen LogP) is 2.55. The van der Waals surface area contributed by atoms with Crippen molar-refractivity contribution in [3.63, 3.8) is 0 Å². The summed E-state index contributed by atoms with van der Waals surface area (Å²) in [5.74, 6) is 0.884. The summed E-state index contributed by atoms with van der Waals surface area (Å²) >= 11 is 0. The van der Waals surface area contributed by atoms with Crippen LogP contribution in [0.1, 0.15) is 43.2 Å². The molecule has 126 valence electrons. The molecular weight excluding hydrogens is 288 g/mol. The van der Waals surface area contributed by atoms with E-state index in [2.05, 4.69) is 16.3 Å². The fourth-order valence-corrected chi connectivity index (χ4v) is 3.61. The zero-order chi connectivity index (χ0) is 15.9. The molecular formula is C19H28N2O2. The molecule has 0 aromatic heterocycles. The van der Waals surface area contributed by atoms with E-state index in [4.69, 9.17) is 4.74 Å². The van der Waals surface area contributed by atoms with Crippen LogP contribution in [0.5, 0.6) is 5.75 Å². The van der Waals surface area contributed by atoms with Crippen molar-refractivity contribution in [3.8, 4) is 5.75 Å². The van der Waals surface area contributed by atoms with E-state index in [0.29, 0.717) is 0 Å². The Morgan fingerprint density at radius 2 is 1.96 bits per heavy atom. The van der Waals surface area contributed by atoms with Crippen molar-refractivity contribution in [1.82, 2.24) is 10.2 Å². The molecule has 0 unspecified atom stereocenters. The molecule has 1 aromatic rings. The molecule has 1 aliphatic heterocycles. The number of carbonyl (C=O) groups is 1. The number of amides is 1. The van der Waals surface area contributed by atoms with Crippen LogP contribution in [0.15, 0.2) is 18.2 Å². The number of carbonyl (C=O) groups excluding carboxylic acids is 1. The van der Waals surface area contributed by atoms with Gasteiger partial charge in [-0.1, -0.05) is 12.1 Å². The zero-order valence-electron chi connectivity index (χ0n) is 14.0. The normalized spacial score (nSPS) is 17.7. The Bertz CT molecular complexity index is 524. The lowest BCUT2D eigenvalue weighted by atomic mass is 9.91. The molecule has 0 radical (unpaired) electrons. The van der Waals surface area contributed by atoms with Crippen LogP contribution in [0.3, 0.4) is 0 Å². The van der Waals surface area contributed by atoms with Gasteiger partial charge in [0.25, 0.3) is 5.91 Å². The summed E-state index contributed by atoms with van der Waals surface area (Å²) < 4.78 is 5.77. The fraction of sp³-hybridized carbons (Fsp3) is 0.632. The lowest BCUT2D eigenvalue weighted by Crippen LogP contribution is -2.32. The number of fused-ring (bicyclic) bond motifs is 1. The van der Waals surface area contributed by atoms with Gasteiger partial charge >= 0.3 is 0 Å². The molecule has 1 heterocycles. The van der Waals surface area contributed by atoms with Gasteiger partial charge in [0.2, 0.25) is 0 Å². The van der Waals surface area contributed by atoms with Crippen LogP contribution in [0, 0.1) is 0 Å². The molecule has 1 aliphatic carbocycles. The molecule has 1 aromatic carbocycles. The van der Waals surface area contributed by atoms with E-state index in [1.54, 1.807) is 0 Å². The first kappa shape index (κ1) is 16.3. The fourth-order valence-electron chi connectivity index (χ4n) is 3.61. The van der Waals surface area contributed by atoms with Gasteiger partial charge in [-0.15, -0.1) is 0 Å². The lowest BCUT2D eigenvalue weighted by Gasteiger charge is -2.19. The third-order valence-corrected chi connectivity index (χ3v) is 4.88. The van der Waals surface area contributed by atoms with Crippen LogP contribution in [-0.2, 0) is 17.6 Å². The SMILES string of the molecule is O=C(COc1cccc2c1CCCC2)NCCCN1CCCC1. The maximum absolute atomic E-state index is 11.9. The highest BCUT2D eigenvalue weighted by atomic mass is 16.5. The third-order valence-electron chi connectivity index (χ3n) is 4.88. The van der Waals surface area contributed by atoms with Crippen LogP contribution in [-0.4, -0.2) is 43.6 Å². The average molecular weight is 316 g/mol. The van der Waals surface area contributed by atoms with Gasteiger partial charge in [0.05, 0.1) is 0 Å². The van der Waals surface area contributed by atoms with E-state index in [-0.39, 0.29) is 12.5 Å². The topological polar surface area (TPSA) is 41.6 Å². The van der Waals surface area contributed by atoms with Gasteiger partial charge in [-0.05, 0) is 81.8 Å². The van der Waals surface area contributed by atoms with Crippen molar-refractivity contribution >= 4 is 5.91 Å². The predicted molar refractivity (Wildman–Crippen MR) is 91.9 cm³/mol. The van der Waals surface area contributed by atoms with Crippen molar-refractivity contribution in [2.75, 3.05) is 32.8 Å². The molecule has 1 saturated heterocycles. The average Bonchev–Trinajstić information content (AvgIpc) is 3.10. The first-order valence-electron chi connectivity index (χ1n) is 9.05. The number of benzene rings is 1. The lowest BCUT2D eigenvalue weighted by molar-refractivity contribution is -0.123. The van der Waals surface area contributed by atoms with E-state index >= 15 is 0 Å². The molecule has 0 spiro atoms. The number of hydrogen-bond donors (Lipinski definition) is 1. The number of hydrogen-bond acceptors (Lipinski definition) is 3. The Labute approximate surface area is 139 Å². The summed E-state index contributed by atoms with van der Waals surface area (Å²) in [4.78, 5) is 14.4. The minimum Gasteiger partial charge on any atom is -0.483 e. The van der Waals surface area contributed by atoms with E-state index in [9.17, 15) is 4.79 Å². The van der Waals surface area contributed by atoms with E-state index in [0.717, 1.165) is 38.1 Å². The van der Waals surface area contributed by atoms with Crippen molar-refractivity contribution in [2.45, 2.75) is 44.9 Å². The first-order valence-corrected chi connectivity index (χ1v) is 9.05. The summed E-state index contributed by atoms with van der Waals surface area (Å²) in [7, 11) is 0. The third kappa shape index (κ3) is 4.71.